The number of aromatic nitrogens is 2. The van der Waals surface area contributed by atoms with E-state index in [1.165, 1.54) is 6.20 Å². The molecule has 6 N–H and O–H groups in total. The van der Waals surface area contributed by atoms with Gasteiger partial charge in [-0.1, -0.05) is 51.1 Å². The number of halogens is 5. The van der Waals surface area contributed by atoms with E-state index in [1.54, 1.807) is 55.7 Å². The molecule has 58 heavy (non-hydrogen) atoms. The zero-order valence-electron chi connectivity index (χ0n) is 31.7. The Hall–Kier alpha value is -6.02. The molecule has 2 heterocycles. The highest BCUT2D eigenvalue weighted by Gasteiger charge is 2.49. The summed E-state index contributed by atoms with van der Waals surface area (Å²) in [7, 11) is 0. The summed E-state index contributed by atoms with van der Waals surface area (Å²) in [5.74, 6) is -10.3. The van der Waals surface area contributed by atoms with Crippen molar-refractivity contribution in [3.63, 3.8) is 0 Å². The first-order chi connectivity index (χ1) is 27.0. The van der Waals surface area contributed by atoms with E-state index in [1.807, 2.05) is 5.32 Å². The summed E-state index contributed by atoms with van der Waals surface area (Å²) in [5.41, 5.74) is 2.36. The number of carbonyl (C=O) groups excluding carboxylic acids is 6. The zero-order valence-corrected chi connectivity index (χ0v) is 31.7. The minimum atomic E-state index is -5.61. The number of hydrogen-bond donors (Lipinski definition) is 5. The number of aliphatic hydroxyl groups is 1. The second-order valence-corrected chi connectivity index (χ2v) is 14.5. The smallest absolute Gasteiger partial charge is 0.428 e. The molecule has 4 rings (SSSR count). The maximum absolute atomic E-state index is 14.9. The first-order valence-electron chi connectivity index (χ1n) is 17.7. The van der Waals surface area contributed by atoms with Gasteiger partial charge in [-0.3, -0.25) is 34.6 Å². The fourth-order valence-electron chi connectivity index (χ4n) is 5.95. The molecule has 20 heteroatoms. The normalized spacial score (nSPS) is 15.7. The van der Waals surface area contributed by atoms with Crippen LogP contribution in [0.1, 0.15) is 51.4 Å². The van der Waals surface area contributed by atoms with Crippen molar-refractivity contribution in [1.82, 2.24) is 30.4 Å². The van der Waals surface area contributed by atoms with Crippen molar-refractivity contribution in [2.24, 2.45) is 11.1 Å². The van der Waals surface area contributed by atoms with Crippen LogP contribution in [-0.2, 0) is 40.0 Å². The zero-order chi connectivity index (χ0) is 43.2. The lowest BCUT2D eigenvalue weighted by molar-refractivity contribution is -0.214. The molecule has 0 saturated heterocycles. The number of benzene rings is 2. The number of rotatable bonds is 16. The topological polar surface area (TPSA) is 215 Å². The molecule has 0 unspecified atom stereocenters. The van der Waals surface area contributed by atoms with Gasteiger partial charge >= 0.3 is 12.1 Å². The lowest BCUT2D eigenvalue weighted by atomic mass is 9.76. The number of carbonyl (C=O) groups is 6. The van der Waals surface area contributed by atoms with Crippen molar-refractivity contribution < 1.29 is 60.6 Å². The number of amides is 5. The summed E-state index contributed by atoms with van der Waals surface area (Å²) in [6.45, 7) is 5.01. The number of alkyl halides is 3. The second-order valence-electron chi connectivity index (χ2n) is 14.5. The van der Waals surface area contributed by atoms with Crippen LogP contribution >= 0.6 is 0 Å². The highest BCUT2D eigenvalue weighted by Crippen LogP contribution is 2.39. The molecule has 15 nitrogen and oxygen atoms in total. The van der Waals surface area contributed by atoms with Crippen LogP contribution in [0.4, 0.5) is 22.0 Å². The van der Waals surface area contributed by atoms with Crippen LogP contribution in [0.3, 0.4) is 0 Å². The molecule has 0 saturated carbocycles. The maximum atomic E-state index is 14.9. The molecule has 0 fully saturated rings. The van der Waals surface area contributed by atoms with E-state index in [4.69, 9.17) is 5.73 Å². The van der Waals surface area contributed by atoms with E-state index in [9.17, 15) is 55.8 Å². The lowest BCUT2D eigenvalue weighted by Crippen LogP contribution is -2.62. The van der Waals surface area contributed by atoms with Crippen molar-refractivity contribution in [2.45, 2.75) is 70.6 Å². The van der Waals surface area contributed by atoms with E-state index in [0.29, 0.717) is 0 Å². The highest BCUT2D eigenvalue weighted by molar-refractivity contribution is 6.12. The Balaban J connectivity index is 1.52. The SMILES string of the molecule is C[C@H](NC(=O)[C@](N)(CCNC(=O)[C@@H](O)[C@@H](c1nc(-c2cc(F)ccc2F)cn1Cc1ccccc1)C(C)(C)C)OC(=O)C(F)(F)F)C(=O)NCCN1C(=O)C=CC1=O. The summed E-state index contributed by atoms with van der Waals surface area (Å²) in [4.78, 5) is 80.0. The number of nitrogens with zero attached hydrogens (tertiary/aromatic N) is 3. The largest absolute Gasteiger partial charge is 0.491 e. The first kappa shape index (κ1) is 44.7. The minimum absolute atomic E-state index is 0.00722. The number of nitrogens with one attached hydrogen (secondary N) is 3. The van der Waals surface area contributed by atoms with E-state index in [0.717, 1.165) is 47.7 Å². The molecule has 312 valence electrons. The average molecular weight is 820 g/mol. The third-order valence-corrected chi connectivity index (χ3v) is 8.97. The van der Waals surface area contributed by atoms with Gasteiger partial charge < -0.3 is 30.4 Å². The number of aliphatic hydroxyl groups excluding tert-OH is 1. The third-order valence-electron chi connectivity index (χ3n) is 8.97. The van der Waals surface area contributed by atoms with Gasteiger partial charge in [0.15, 0.2) is 0 Å². The van der Waals surface area contributed by atoms with Gasteiger partial charge in [-0.15, -0.1) is 0 Å². The Labute approximate surface area is 328 Å². The Morgan fingerprint density at radius 1 is 0.931 bits per heavy atom. The van der Waals surface area contributed by atoms with Gasteiger partial charge in [0.1, 0.15) is 29.6 Å². The molecule has 1 aliphatic heterocycles. The summed E-state index contributed by atoms with van der Waals surface area (Å²) < 4.78 is 74.8. The van der Waals surface area contributed by atoms with Crippen LogP contribution in [0.15, 0.2) is 66.9 Å². The third kappa shape index (κ3) is 11.1. The Morgan fingerprint density at radius 3 is 2.16 bits per heavy atom. The second kappa shape index (κ2) is 18.1. The van der Waals surface area contributed by atoms with Gasteiger partial charge in [0, 0.05) is 56.5 Å². The molecule has 4 atom stereocenters. The van der Waals surface area contributed by atoms with E-state index in [2.05, 4.69) is 20.4 Å². The Kier molecular flexibility index (Phi) is 13.9. The maximum Gasteiger partial charge on any atom is 0.491 e. The number of esters is 1. The molecule has 1 aliphatic rings. The van der Waals surface area contributed by atoms with Gasteiger partial charge in [0.2, 0.25) is 17.5 Å². The molecule has 5 amide bonds. The van der Waals surface area contributed by atoms with Gasteiger partial charge in [0.25, 0.3) is 17.7 Å². The van der Waals surface area contributed by atoms with Gasteiger partial charge in [-0.05, 0) is 36.1 Å². The fourth-order valence-corrected chi connectivity index (χ4v) is 5.95. The summed E-state index contributed by atoms with van der Waals surface area (Å²) in [5, 5.41) is 18.2. The van der Waals surface area contributed by atoms with Crippen molar-refractivity contribution in [3.8, 4) is 11.3 Å². The Morgan fingerprint density at radius 2 is 1.55 bits per heavy atom. The standard InChI is InChI=1S/C38H42F5N7O8/c1-21(32(54)46-16-17-50-27(51)12-13-28(50)52)47-34(56)37(44,58-35(57)38(41,42)43)14-15-45-33(55)30(53)29(36(2,3)4)31-48-26(24-18-23(39)10-11-25(24)40)20-49(31)19-22-8-6-5-7-9-22/h5-13,18,20-21,29-30,53H,14-17,19,44H2,1-4H3,(H,45,55)(H,46,54)(H,47,56)/t21-,29-,30-,37-/m0/s1. The highest BCUT2D eigenvalue weighted by atomic mass is 19.4. The fraction of sp³-hybridized carbons (Fsp3) is 0.395. The van der Waals surface area contributed by atoms with Crippen molar-refractivity contribution in [2.75, 3.05) is 19.6 Å². The van der Waals surface area contributed by atoms with Gasteiger partial charge in [-0.25, -0.2) is 18.6 Å². The van der Waals surface area contributed by atoms with Crippen molar-refractivity contribution >= 4 is 35.5 Å². The number of imidazole rings is 1. The number of hydrogen-bond acceptors (Lipinski definition) is 10. The molecule has 1 aromatic heterocycles. The summed E-state index contributed by atoms with van der Waals surface area (Å²) >= 11 is 0. The average Bonchev–Trinajstić information content (AvgIpc) is 3.69. The monoisotopic (exact) mass is 819 g/mol. The molecule has 3 aromatic rings. The van der Waals surface area contributed by atoms with Crippen molar-refractivity contribution in [3.05, 3.63) is 89.9 Å². The molecule has 0 spiro atoms. The van der Waals surface area contributed by atoms with Crippen LogP contribution in [0.25, 0.3) is 11.3 Å². The molecular weight excluding hydrogens is 777 g/mol. The van der Waals surface area contributed by atoms with Crippen LogP contribution < -0.4 is 21.7 Å². The van der Waals surface area contributed by atoms with Crippen LogP contribution in [0.5, 0.6) is 0 Å². The molecule has 2 aromatic carbocycles. The van der Waals surface area contributed by atoms with Crippen molar-refractivity contribution in [1.29, 1.82) is 0 Å². The van der Waals surface area contributed by atoms with Crippen LogP contribution in [-0.4, -0.2) is 98.7 Å². The summed E-state index contributed by atoms with van der Waals surface area (Å²) in [6.07, 6.45) is -5.06. The number of imide groups is 1. The molecular formula is C38H42F5N7O8. The van der Waals surface area contributed by atoms with Crippen LogP contribution in [0.2, 0.25) is 0 Å². The molecule has 0 radical (unpaired) electrons. The van der Waals surface area contributed by atoms with Gasteiger partial charge in [-0.2, -0.15) is 13.2 Å². The van der Waals surface area contributed by atoms with Crippen LogP contribution in [0, 0.1) is 17.0 Å². The minimum Gasteiger partial charge on any atom is -0.428 e. The summed E-state index contributed by atoms with van der Waals surface area (Å²) in [6, 6.07) is 10.2. The van der Waals surface area contributed by atoms with E-state index in [-0.39, 0.29) is 36.7 Å². The van der Waals surface area contributed by atoms with Gasteiger partial charge in [0.05, 0.1) is 11.6 Å². The first-order valence-corrected chi connectivity index (χ1v) is 17.7. The lowest BCUT2D eigenvalue weighted by Gasteiger charge is -2.34. The van der Waals surface area contributed by atoms with E-state index < -0.39 is 95.5 Å². The molecule has 0 bridgehead atoms. The number of nitrogens with two attached hydrogens (primary N) is 1. The quantitative estimate of drug-likeness (QED) is 0.0615. The van der Waals surface area contributed by atoms with E-state index >= 15 is 0 Å². The molecule has 0 aliphatic carbocycles. The Bertz CT molecular complexity index is 2050. The number of ether oxygens (including phenoxy) is 1. The predicted octanol–water partition coefficient (Wildman–Crippen LogP) is 2.18. The predicted molar refractivity (Wildman–Crippen MR) is 194 cm³/mol.